The van der Waals surface area contributed by atoms with E-state index in [2.05, 4.69) is 10.5 Å². The van der Waals surface area contributed by atoms with E-state index in [1.54, 1.807) is 13.2 Å². The molecule has 1 amide bonds. The van der Waals surface area contributed by atoms with Gasteiger partial charge in [0.15, 0.2) is 0 Å². The number of aryl methyl sites for hydroxylation is 1. The average Bonchev–Trinajstić information content (AvgIpc) is 3.14. The molecule has 6 heteroatoms. The van der Waals surface area contributed by atoms with Gasteiger partial charge in [-0.15, -0.1) is 0 Å². The molecule has 0 aliphatic rings. The fraction of sp³-hybridized carbons (Fsp3) is 0.158. The van der Waals surface area contributed by atoms with Gasteiger partial charge in [0, 0.05) is 11.6 Å². The fourth-order valence-electron chi connectivity index (χ4n) is 2.65. The lowest BCUT2D eigenvalue weighted by molar-refractivity contribution is 0.102. The number of hydrogen-bond acceptors (Lipinski definition) is 5. The Labute approximate surface area is 145 Å². The van der Waals surface area contributed by atoms with Gasteiger partial charge in [-0.1, -0.05) is 30.3 Å². The van der Waals surface area contributed by atoms with Crippen molar-refractivity contribution < 1.29 is 19.2 Å². The number of rotatable bonds is 5. The highest BCUT2D eigenvalue weighted by atomic mass is 16.5. The summed E-state index contributed by atoms with van der Waals surface area (Å²) in [6, 6.07) is 12.3. The van der Waals surface area contributed by atoms with Crippen LogP contribution in [0.25, 0.3) is 11.1 Å². The predicted octanol–water partition coefficient (Wildman–Crippen LogP) is 3.87. The van der Waals surface area contributed by atoms with Crippen LogP contribution in [0.1, 0.15) is 22.8 Å². The van der Waals surface area contributed by atoms with E-state index in [-0.39, 0.29) is 17.2 Å². The summed E-state index contributed by atoms with van der Waals surface area (Å²) in [4.78, 5) is 12.4. The monoisotopic (exact) mass is 338 g/mol. The summed E-state index contributed by atoms with van der Waals surface area (Å²) in [6.45, 7) is 2.00. The molecule has 0 aliphatic carbocycles. The number of hydrogen-bond donors (Lipinski definition) is 2. The Morgan fingerprint density at radius 1 is 1.20 bits per heavy atom. The highest BCUT2D eigenvalue weighted by Gasteiger charge is 2.19. The van der Waals surface area contributed by atoms with Crippen LogP contribution >= 0.6 is 0 Å². The Morgan fingerprint density at radius 3 is 2.56 bits per heavy atom. The molecule has 0 bridgehead atoms. The Bertz CT molecular complexity index is 871. The van der Waals surface area contributed by atoms with Crippen molar-refractivity contribution in [3.8, 4) is 22.6 Å². The van der Waals surface area contributed by atoms with Gasteiger partial charge in [0.05, 0.1) is 18.9 Å². The van der Waals surface area contributed by atoms with Crippen molar-refractivity contribution in [1.82, 2.24) is 5.16 Å². The van der Waals surface area contributed by atoms with Crippen LogP contribution < -0.4 is 10.1 Å². The van der Waals surface area contributed by atoms with Gasteiger partial charge in [-0.25, -0.2) is 0 Å². The van der Waals surface area contributed by atoms with Crippen LogP contribution in [0, 0.1) is 0 Å². The van der Waals surface area contributed by atoms with Gasteiger partial charge in [-0.3, -0.25) is 10.1 Å². The van der Waals surface area contributed by atoms with Crippen molar-refractivity contribution >= 4 is 11.8 Å². The number of carbonyl (C=O) groups excluding carboxylic acids is 1. The summed E-state index contributed by atoms with van der Waals surface area (Å²) in [7, 11) is 1.60. The lowest BCUT2D eigenvalue weighted by Crippen LogP contribution is -2.12. The van der Waals surface area contributed by atoms with Crippen molar-refractivity contribution in [2.24, 2.45) is 0 Å². The zero-order chi connectivity index (χ0) is 17.8. The third-order valence-corrected chi connectivity index (χ3v) is 3.94. The molecule has 25 heavy (non-hydrogen) atoms. The average molecular weight is 338 g/mol. The first kappa shape index (κ1) is 16.6. The van der Waals surface area contributed by atoms with Crippen LogP contribution in [0.2, 0.25) is 0 Å². The maximum Gasteiger partial charge on any atom is 0.261 e. The van der Waals surface area contributed by atoms with E-state index in [4.69, 9.17) is 9.26 Å². The van der Waals surface area contributed by atoms with Crippen molar-refractivity contribution in [1.29, 1.82) is 0 Å². The van der Waals surface area contributed by atoms with E-state index in [9.17, 15) is 9.90 Å². The Kier molecular flexibility index (Phi) is 4.70. The predicted molar refractivity (Wildman–Crippen MR) is 93.9 cm³/mol. The highest BCUT2D eigenvalue weighted by molar-refractivity contribution is 6.07. The molecule has 0 saturated carbocycles. The van der Waals surface area contributed by atoms with Gasteiger partial charge >= 0.3 is 0 Å². The zero-order valence-corrected chi connectivity index (χ0v) is 13.9. The van der Waals surface area contributed by atoms with Crippen LogP contribution in [-0.4, -0.2) is 23.3 Å². The van der Waals surface area contributed by atoms with Gasteiger partial charge in [-0.2, -0.15) is 0 Å². The standard InChI is InChI=1S/C19H18N2O4/c1-3-12-6-9-15(19(23)21-16-10-11-20-25-16)18(22)17(12)13-4-7-14(24-2)8-5-13/h4-11,22H,3H2,1-2H3,(H,21,23). The highest BCUT2D eigenvalue weighted by Crippen LogP contribution is 2.37. The number of nitrogens with zero attached hydrogens (tertiary/aromatic N) is 1. The van der Waals surface area contributed by atoms with Gasteiger partial charge in [0.25, 0.3) is 5.91 Å². The number of aromatic nitrogens is 1. The number of carbonyl (C=O) groups is 1. The second-order valence-corrected chi connectivity index (χ2v) is 5.41. The number of anilines is 1. The Morgan fingerprint density at radius 2 is 1.96 bits per heavy atom. The third kappa shape index (κ3) is 3.33. The molecule has 0 radical (unpaired) electrons. The minimum atomic E-state index is -0.466. The lowest BCUT2D eigenvalue weighted by atomic mass is 9.94. The van der Waals surface area contributed by atoms with Crippen molar-refractivity contribution in [3.63, 3.8) is 0 Å². The molecule has 2 N–H and O–H groups in total. The summed E-state index contributed by atoms with van der Waals surface area (Å²) in [5.74, 6) is 0.406. The van der Waals surface area contributed by atoms with Crippen LogP contribution in [0.15, 0.2) is 53.2 Å². The quantitative estimate of drug-likeness (QED) is 0.738. The molecular weight excluding hydrogens is 320 g/mol. The second-order valence-electron chi connectivity index (χ2n) is 5.41. The van der Waals surface area contributed by atoms with Crippen LogP contribution in [0.4, 0.5) is 5.88 Å². The van der Waals surface area contributed by atoms with E-state index >= 15 is 0 Å². The number of aromatic hydroxyl groups is 1. The molecule has 2 aromatic carbocycles. The van der Waals surface area contributed by atoms with Gasteiger partial charge in [-0.05, 0) is 35.7 Å². The molecule has 0 saturated heterocycles. The number of nitrogens with one attached hydrogen (secondary N) is 1. The summed E-state index contributed by atoms with van der Waals surface area (Å²) < 4.78 is 10.0. The fourth-order valence-corrected chi connectivity index (χ4v) is 2.65. The van der Waals surface area contributed by atoms with Crippen molar-refractivity contribution in [3.05, 3.63) is 59.8 Å². The van der Waals surface area contributed by atoms with Crippen molar-refractivity contribution in [2.75, 3.05) is 12.4 Å². The minimum Gasteiger partial charge on any atom is -0.506 e. The molecule has 0 aliphatic heterocycles. The maximum atomic E-state index is 12.4. The van der Waals surface area contributed by atoms with E-state index < -0.39 is 5.91 Å². The van der Waals surface area contributed by atoms with Crippen LogP contribution in [-0.2, 0) is 6.42 Å². The first-order valence-electron chi connectivity index (χ1n) is 7.85. The number of methoxy groups -OCH3 is 1. The summed E-state index contributed by atoms with van der Waals surface area (Å²) in [5.41, 5.74) is 2.55. The third-order valence-electron chi connectivity index (χ3n) is 3.94. The minimum absolute atomic E-state index is 0.0680. The molecule has 6 nitrogen and oxygen atoms in total. The number of phenols is 1. The van der Waals surface area contributed by atoms with Crippen molar-refractivity contribution in [2.45, 2.75) is 13.3 Å². The summed E-state index contributed by atoms with van der Waals surface area (Å²) >= 11 is 0. The molecule has 0 spiro atoms. The Hall–Kier alpha value is -3.28. The zero-order valence-electron chi connectivity index (χ0n) is 13.9. The molecule has 0 atom stereocenters. The number of benzene rings is 2. The number of ether oxygens (including phenoxy) is 1. The summed E-state index contributed by atoms with van der Waals surface area (Å²) in [5, 5.41) is 16.8. The van der Waals surface area contributed by atoms with Gasteiger partial charge in [0.1, 0.15) is 11.5 Å². The molecule has 128 valence electrons. The van der Waals surface area contributed by atoms with E-state index in [1.165, 1.54) is 12.3 Å². The molecule has 3 aromatic rings. The topological polar surface area (TPSA) is 84.6 Å². The molecule has 3 rings (SSSR count). The van der Waals surface area contributed by atoms with Crippen LogP contribution in [0.5, 0.6) is 11.5 Å². The van der Waals surface area contributed by atoms with E-state index in [0.29, 0.717) is 5.56 Å². The van der Waals surface area contributed by atoms with E-state index in [0.717, 1.165) is 23.3 Å². The lowest BCUT2D eigenvalue weighted by Gasteiger charge is -2.14. The first-order valence-corrected chi connectivity index (χ1v) is 7.85. The number of amides is 1. The summed E-state index contributed by atoms with van der Waals surface area (Å²) in [6.07, 6.45) is 2.15. The molecule has 0 fully saturated rings. The molecule has 1 aromatic heterocycles. The normalized spacial score (nSPS) is 10.5. The molecular formula is C19H18N2O4. The largest absolute Gasteiger partial charge is 0.506 e. The van der Waals surface area contributed by atoms with E-state index in [1.807, 2.05) is 37.3 Å². The molecule has 0 unspecified atom stereocenters. The smallest absolute Gasteiger partial charge is 0.261 e. The second kappa shape index (κ2) is 7.09. The van der Waals surface area contributed by atoms with Crippen LogP contribution in [0.3, 0.4) is 0 Å². The molecule has 1 heterocycles. The maximum absolute atomic E-state index is 12.4. The first-order chi connectivity index (χ1) is 12.1. The van der Waals surface area contributed by atoms with Gasteiger partial charge in [0.2, 0.25) is 5.88 Å². The van der Waals surface area contributed by atoms with Gasteiger partial charge < -0.3 is 14.4 Å². The SMILES string of the molecule is CCc1ccc(C(=O)Nc2ccno2)c(O)c1-c1ccc(OC)cc1. The number of phenolic OH excluding ortho intramolecular Hbond substituents is 1. The Balaban J connectivity index is 2.02.